The zero-order chi connectivity index (χ0) is 21.8. The molecule has 0 aromatic carbocycles. The van der Waals surface area contributed by atoms with Gasteiger partial charge in [0.25, 0.3) is 0 Å². The average molecular weight is 437 g/mol. The van der Waals surface area contributed by atoms with Gasteiger partial charge in [-0.05, 0) is 44.9 Å². The predicted molar refractivity (Wildman–Crippen MR) is 115 cm³/mol. The molecule has 0 saturated carbocycles. The topological polar surface area (TPSA) is 116 Å². The Labute approximate surface area is 176 Å². The summed E-state index contributed by atoms with van der Waals surface area (Å²) in [5, 5.41) is 19.1. The number of phosphoric ester groups is 1. The van der Waals surface area contributed by atoms with Gasteiger partial charge in [-0.3, -0.25) is 4.52 Å². The van der Waals surface area contributed by atoms with Gasteiger partial charge in [-0.2, -0.15) is 0 Å². The third-order valence-electron chi connectivity index (χ3n) is 4.32. The van der Waals surface area contributed by atoms with Crippen LogP contribution in [0.1, 0.15) is 84.0 Å². The van der Waals surface area contributed by atoms with Crippen LogP contribution in [0.15, 0.2) is 24.3 Å². The SMILES string of the molecule is CCCCCC=CCC=CCCCCCCC[C@@H](O)OC[C@@H](O)COP(=O)(O)O. The zero-order valence-electron chi connectivity index (χ0n) is 17.8. The molecule has 0 aromatic rings. The second kappa shape index (κ2) is 19.4. The summed E-state index contributed by atoms with van der Waals surface area (Å²) in [6.45, 7) is 1.44. The first-order valence-corrected chi connectivity index (χ1v) is 12.4. The van der Waals surface area contributed by atoms with E-state index in [0.29, 0.717) is 6.42 Å². The monoisotopic (exact) mass is 436 g/mol. The Kier molecular flexibility index (Phi) is 19.1. The molecule has 0 saturated heterocycles. The molecular weight excluding hydrogens is 395 g/mol. The van der Waals surface area contributed by atoms with Crippen LogP contribution in [0.2, 0.25) is 0 Å². The smallest absolute Gasteiger partial charge is 0.388 e. The van der Waals surface area contributed by atoms with Gasteiger partial charge >= 0.3 is 7.82 Å². The Balaban J connectivity index is 3.43. The quantitative estimate of drug-likeness (QED) is 0.0953. The maximum Gasteiger partial charge on any atom is 0.469 e. The van der Waals surface area contributed by atoms with Crippen LogP contribution in [0, 0.1) is 0 Å². The van der Waals surface area contributed by atoms with Crippen molar-refractivity contribution in [3.8, 4) is 0 Å². The lowest BCUT2D eigenvalue weighted by Crippen LogP contribution is -2.25. The molecule has 0 aromatic heterocycles. The third-order valence-corrected chi connectivity index (χ3v) is 4.80. The van der Waals surface area contributed by atoms with Gasteiger partial charge in [-0.15, -0.1) is 0 Å². The van der Waals surface area contributed by atoms with Crippen LogP contribution in [0.5, 0.6) is 0 Å². The molecule has 8 heteroatoms. The van der Waals surface area contributed by atoms with Crippen LogP contribution in [0.3, 0.4) is 0 Å². The molecule has 29 heavy (non-hydrogen) atoms. The van der Waals surface area contributed by atoms with E-state index in [4.69, 9.17) is 14.5 Å². The average Bonchev–Trinajstić information content (AvgIpc) is 2.67. The van der Waals surface area contributed by atoms with Crippen LogP contribution in [-0.4, -0.2) is 45.6 Å². The van der Waals surface area contributed by atoms with Gasteiger partial charge in [0.1, 0.15) is 6.10 Å². The van der Waals surface area contributed by atoms with Crippen LogP contribution in [0.4, 0.5) is 0 Å². The van der Waals surface area contributed by atoms with E-state index in [-0.39, 0.29) is 6.61 Å². The molecule has 4 N–H and O–H groups in total. The van der Waals surface area contributed by atoms with Crippen molar-refractivity contribution in [1.29, 1.82) is 0 Å². The molecule has 2 atom stereocenters. The molecule has 172 valence electrons. The summed E-state index contributed by atoms with van der Waals surface area (Å²) in [6.07, 6.45) is 19.7. The van der Waals surface area contributed by atoms with Crippen LogP contribution in [0.25, 0.3) is 0 Å². The fourth-order valence-electron chi connectivity index (χ4n) is 2.67. The molecule has 0 aliphatic rings. The lowest BCUT2D eigenvalue weighted by atomic mass is 10.1. The number of aliphatic hydroxyl groups is 2. The van der Waals surface area contributed by atoms with Crippen molar-refractivity contribution >= 4 is 7.82 Å². The summed E-state index contributed by atoms with van der Waals surface area (Å²) >= 11 is 0. The minimum Gasteiger partial charge on any atom is -0.388 e. The van der Waals surface area contributed by atoms with Crippen molar-refractivity contribution in [2.24, 2.45) is 0 Å². The highest BCUT2D eigenvalue weighted by Gasteiger charge is 2.17. The number of unbranched alkanes of at least 4 members (excludes halogenated alkanes) is 8. The number of allylic oxidation sites excluding steroid dienone is 4. The van der Waals surface area contributed by atoms with Crippen LogP contribution in [-0.2, 0) is 13.8 Å². The van der Waals surface area contributed by atoms with E-state index in [1.807, 2.05) is 0 Å². The minimum atomic E-state index is -4.60. The summed E-state index contributed by atoms with van der Waals surface area (Å²) in [5.74, 6) is 0. The molecular formula is C21H41O7P. The number of aliphatic hydroxyl groups excluding tert-OH is 2. The second-order valence-corrected chi connectivity index (χ2v) is 8.49. The van der Waals surface area contributed by atoms with E-state index < -0.39 is 26.8 Å². The summed E-state index contributed by atoms with van der Waals surface area (Å²) in [7, 11) is -4.60. The largest absolute Gasteiger partial charge is 0.469 e. The summed E-state index contributed by atoms with van der Waals surface area (Å²) in [6, 6.07) is 0. The summed E-state index contributed by atoms with van der Waals surface area (Å²) in [4.78, 5) is 17.1. The molecule has 7 nitrogen and oxygen atoms in total. The molecule has 0 heterocycles. The molecule has 0 unspecified atom stereocenters. The molecule has 0 bridgehead atoms. The Bertz CT molecular complexity index is 462. The van der Waals surface area contributed by atoms with E-state index in [1.165, 1.54) is 32.1 Å². The third kappa shape index (κ3) is 23.6. The maximum atomic E-state index is 10.5. The van der Waals surface area contributed by atoms with Gasteiger partial charge in [-0.25, -0.2) is 4.57 Å². The van der Waals surface area contributed by atoms with Crippen molar-refractivity contribution in [2.45, 2.75) is 96.4 Å². The summed E-state index contributed by atoms with van der Waals surface area (Å²) in [5.41, 5.74) is 0. The molecule has 0 amide bonds. The molecule has 0 fully saturated rings. The van der Waals surface area contributed by atoms with Crippen LogP contribution >= 0.6 is 7.82 Å². The molecule has 0 rings (SSSR count). The number of rotatable bonds is 20. The number of hydrogen-bond donors (Lipinski definition) is 4. The van der Waals surface area contributed by atoms with E-state index >= 15 is 0 Å². The van der Waals surface area contributed by atoms with Gasteiger partial charge in [0.15, 0.2) is 6.29 Å². The fourth-order valence-corrected chi connectivity index (χ4v) is 3.03. The molecule has 0 aliphatic heterocycles. The number of phosphoric acid groups is 1. The Hall–Kier alpha value is -0.530. The minimum absolute atomic E-state index is 0.235. The second-order valence-electron chi connectivity index (χ2n) is 7.25. The number of ether oxygens (including phenoxy) is 1. The standard InChI is InChI=1S/C21H41O7P/c1-2-3-4-5-6-7-8-9-10-11-12-13-14-15-16-17-21(23)27-18-20(22)19-28-29(24,25)26/h6-7,9-10,20-23H,2-5,8,11-19H2,1H3,(H2,24,25,26)/t20-,21+/m1/s1. The van der Waals surface area contributed by atoms with Crippen molar-refractivity contribution in [2.75, 3.05) is 13.2 Å². The normalized spacial score (nSPS) is 14.8. The number of hydrogen-bond acceptors (Lipinski definition) is 5. The van der Waals surface area contributed by atoms with Crippen molar-refractivity contribution in [3.63, 3.8) is 0 Å². The predicted octanol–water partition coefficient (Wildman–Crippen LogP) is 4.61. The van der Waals surface area contributed by atoms with Crippen molar-refractivity contribution in [3.05, 3.63) is 24.3 Å². The first kappa shape index (κ1) is 28.5. The van der Waals surface area contributed by atoms with E-state index in [9.17, 15) is 14.8 Å². The zero-order valence-corrected chi connectivity index (χ0v) is 18.7. The van der Waals surface area contributed by atoms with Gasteiger partial charge in [0.05, 0.1) is 13.2 Å². The van der Waals surface area contributed by atoms with E-state index in [0.717, 1.165) is 38.5 Å². The lowest BCUT2D eigenvalue weighted by Gasteiger charge is -2.15. The van der Waals surface area contributed by atoms with Gasteiger partial charge in [0, 0.05) is 0 Å². The van der Waals surface area contributed by atoms with Gasteiger partial charge in [0.2, 0.25) is 0 Å². The van der Waals surface area contributed by atoms with Gasteiger partial charge in [-0.1, -0.05) is 63.3 Å². The first-order chi connectivity index (χ1) is 13.8. The van der Waals surface area contributed by atoms with E-state index in [2.05, 4.69) is 35.8 Å². The Morgan fingerprint density at radius 3 is 2.03 bits per heavy atom. The lowest BCUT2D eigenvalue weighted by molar-refractivity contribution is -0.129. The van der Waals surface area contributed by atoms with Crippen molar-refractivity contribution < 1.29 is 33.8 Å². The highest BCUT2D eigenvalue weighted by Crippen LogP contribution is 2.35. The fraction of sp³-hybridized carbons (Fsp3) is 0.810. The molecule has 0 radical (unpaired) electrons. The highest BCUT2D eigenvalue weighted by molar-refractivity contribution is 7.46. The molecule has 0 spiro atoms. The molecule has 0 aliphatic carbocycles. The first-order valence-electron chi connectivity index (χ1n) is 10.8. The Morgan fingerprint density at radius 2 is 1.41 bits per heavy atom. The van der Waals surface area contributed by atoms with Crippen LogP contribution < -0.4 is 0 Å². The van der Waals surface area contributed by atoms with E-state index in [1.54, 1.807) is 0 Å². The van der Waals surface area contributed by atoms with Gasteiger partial charge < -0.3 is 24.7 Å². The van der Waals surface area contributed by atoms with Crippen molar-refractivity contribution in [1.82, 2.24) is 0 Å². The Morgan fingerprint density at radius 1 is 0.828 bits per heavy atom. The highest BCUT2D eigenvalue weighted by atomic mass is 31.2. The maximum absolute atomic E-state index is 10.5. The summed E-state index contributed by atoms with van der Waals surface area (Å²) < 4.78 is 19.7.